The zero-order chi connectivity index (χ0) is 12.1. The lowest BCUT2D eigenvalue weighted by Crippen LogP contribution is -2.40. The molecule has 3 N–H and O–H groups in total. The fourth-order valence-corrected chi connectivity index (χ4v) is 1.82. The van der Waals surface area contributed by atoms with Crippen molar-refractivity contribution in [1.82, 2.24) is 4.90 Å². The predicted octanol–water partition coefficient (Wildman–Crippen LogP) is 2.02. The SMILES string of the molecule is CC(C(N)=NO)N(C)Cc1cccc(Br)c1. The monoisotopic (exact) mass is 285 g/mol. The lowest BCUT2D eigenvalue weighted by molar-refractivity contribution is 0.279. The van der Waals surface area contributed by atoms with Crippen LogP contribution in [0.25, 0.3) is 0 Å². The maximum Gasteiger partial charge on any atom is 0.156 e. The first kappa shape index (κ1) is 13.0. The van der Waals surface area contributed by atoms with Crippen molar-refractivity contribution in [2.24, 2.45) is 10.9 Å². The molecule has 0 radical (unpaired) electrons. The summed E-state index contributed by atoms with van der Waals surface area (Å²) >= 11 is 3.42. The highest BCUT2D eigenvalue weighted by Gasteiger charge is 2.13. The van der Waals surface area contributed by atoms with Gasteiger partial charge in [0.1, 0.15) is 0 Å². The van der Waals surface area contributed by atoms with E-state index in [-0.39, 0.29) is 11.9 Å². The highest BCUT2D eigenvalue weighted by atomic mass is 79.9. The van der Waals surface area contributed by atoms with E-state index in [1.807, 2.05) is 37.1 Å². The Bertz CT molecular complexity index is 381. The van der Waals surface area contributed by atoms with Gasteiger partial charge in [-0.1, -0.05) is 33.2 Å². The van der Waals surface area contributed by atoms with Crippen LogP contribution in [0.15, 0.2) is 33.9 Å². The third-order valence-electron chi connectivity index (χ3n) is 2.53. The Labute approximate surface area is 104 Å². The van der Waals surface area contributed by atoms with Crippen molar-refractivity contribution in [3.63, 3.8) is 0 Å². The molecule has 1 rings (SSSR count). The van der Waals surface area contributed by atoms with E-state index < -0.39 is 0 Å². The van der Waals surface area contributed by atoms with Crippen molar-refractivity contribution in [2.45, 2.75) is 19.5 Å². The molecule has 4 nitrogen and oxygen atoms in total. The Morgan fingerprint density at radius 3 is 2.88 bits per heavy atom. The number of likely N-dealkylation sites (N-methyl/N-ethyl adjacent to an activating group) is 1. The normalized spacial score (nSPS) is 14.1. The van der Waals surface area contributed by atoms with Crippen LogP contribution in [-0.2, 0) is 6.54 Å². The first-order chi connectivity index (χ1) is 7.54. The van der Waals surface area contributed by atoms with Crippen molar-refractivity contribution in [2.75, 3.05) is 7.05 Å². The maximum atomic E-state index is 8.59. The number of rotatable bonds is 4. The Kier molecular flexibility index (Phi) is 4.76. The molecule has 0 bridgehead atoms. The predicted molar refractivity (Wildman–Crippen MR) is 68.5 cm³/mol. The molecule has 1 unspecified atom stereocenters. The van der Waals surface area contributed by atoms with Gasteiger partial charge in [-0.05, 0) is 31.7 Å². The number of amidine groups is 1. The third-order valence-corrected chi connectivity index (χ3v) is 3.02. The summed E-state index contributed by atoms with van der Waals surface area (Å²) in [5.41, 5.74) is 6.73. The average Bonchev–Trinajstić information content (AvgIpc) is 2.27. The van der Waals surface area contributed by atoms with Gasteiger partial charge in [-0.25, -0.2) is 0 Å². The van der Waals surface area contributed by atoms with Crippen LogP contribution in [0.1, 0.15) is 12.5 Å². The fraction of sp³-hybridized carbons (Fsp3) is 0.364. The van der Waals surface area contributed by atoms with Gasteiger partial charge in [0, 0.05) is 11.0 Å². The summed E-state index contributed by atoms with van der Waals surface area (Å²) in [6.45, 7) is 2.64. The first-order valence-corrected chi connectivity index (χ1v) is 5.76. The molecule has 0 aliphatic rings. The minimum absolute atomic E-state index is 0.0935. The highest BCUT2D eigenvalue weighted by Crippen LogP contribution is 2.13. The Balaban J connectivity index is 2.67. The molecule has 0 saturated heterocycles. The van der Waals surface area contributed by atoms with Gasteiger partial charge in [-0.15, -0.1) is 0 Å². The lowest BCUT2D eigenvalue weighted by Gasteiger charge is -2.23. The second-order valence-electron chi connectivity index (χ2n) is 3.75. The molecule has 0 aromatic heterocycles. The van der Waals surface area contributed by atoms with E-state index in [0.717, 1.165) is 11.0 Å². The van der Waals surface area contributed by atoms with Crippen LogP contribution in [0, 0.1) is 0 Å². The molecule has 0 aliphatic heterocycles. The molecular weight excluding hydrogens is 270 g/mol. The van der Waals surface area contributed by atoms with Gasteiger partial charge in [0.2, 0.25) is 0 Å². The van der Waals surface area contributed by atoms with E-state index in [4.69, 9.17) is 10.9 Å². The topological polar surface area (TPSA) is 61.9 Å². The van der Waals surface area contributed by atoms with Crippen LogP contribution < -0.4 is 5.73 Å². The van der Waals surface area contributed by atoms with E-state index >= 15 is 0 Å². The minimum atomic E-state index is -0.0935. The van der Waals surface area contributed by atoms with Crippen LogP contribution in [-0.4, -0.2) is 29.0 Å². The highest BCUT2D eigenvalue weighted by molar-refractivity contribution is 9.10. The first-order valence-electron chi connectivity index (χ1n) is 4.96. The van der Waals surface area contributed by atoms with Crippen molar-refractivity contribution < 1.29 is 5.21 Å². The van der Waals surface area contributed by atoms with Crippen molar-refractivity contribution in [3.8, 4) is 0 Å². The molecular formula is C11H16BrN3O. The van der Waals surface area contributed by atoms with Crippen LogP contribution in [0.3, 0.4) is 0 Å². The van der Waals surface area contributed by atoms with Gasteiger partial charge in [0.15, 0.2) is 5.84 Å². The molecule has 0 spiro atoms. The van der Waals surface area contributed by atoms with E-state index in [1.54, 1.807) is 0 Å². The van der Waals surface area contributed by atoms with E-state index in [9.17, 15) is 0 Å². The molecule has 88 valence electrons. The molecule has 0 aliphatic carbocycles. The van der Waals surface area contributed by atoms with Crippen LogP contribution in [0.4, 0.5) is 0 Å². The number of nitrogens with zero attached hydrogens (tertiary/aromatic N) is 2. The third kappa shape index (κ3) is 3.50. The molecule has 1 atom stereocenters. The van der Waals surface area contributed by atoms with Crippen molar-refractivity contribution >= 4 is 21.8 Å². The Hall–Kier alpha value is -1.07. The quantitative estimate of drug-likeness (QED) is 0.385. The second-order valence-corrected chi connectivity index (χ2v) is 4.66. The standard InChI is InChI=1S/C11H16BrN3O/c1-8(11(13)14-16)15(2)7-9-4-3-5-10(12)6-9/h3-6,8,16H,7H2,1-2H3,(H2,13,14). The van der Waals surface area contributed by atoms with Crippen LogP contribution in [0.2, 0.25) is 0 Å². The number of hydrogen-bond donors (Lipinski definition) is 2. The van der Waals surface area contributed by atoms with E-state index in [1.165, 1.54) is 5.56 Å². The van der Waals surface area contributed by atoms with Gasteiger partial charge in [0.05, 0.1) is 6.04 Å². The zero-order valence-corrected chi connectivity index (χ0v) is 11.0. The molecule has 5 heteroatoms. The molecule has 0 fully saturated rings. The Morgan fingerprint density at radius 1 is 1.62 bits per heavy atom. The molecule has 1 aromatic carbocycles. The molecule has 0 amide bonds. The van der Waals surface area contributed by atoms with E-state index in [0.29, 0.717) is 0 Å². The lowest BCUT2D eigenvalue weighted by atomic mass is 10.2. The molecule has 0 saturated carbocycles. The Morgan fingerprint density at radius 2 is 2.31 bits per heavy atom. The number of oxime groups is 1. The summed E-state index contributed by atoms with van der Waals surface area (Å²) in [5.74, 6) is 0.220. The molecule has 0 heterocycles. The summed E-state index contributed by atoms with van der Waals surface area (Å²) in [4.78, 5) is 2.01. The summed E-state index contributed by atoms with van der Waals surface area (Å²) in [7, 11) is 1.93. The van der Waals surface area contributed by atoms with Crippen molar-refractivity contribution in [3.05, 3.63) is 34.3 Å². The summed E-state index contributed by atoms with van der Waals surface area (Å²) in [5, 5.41) is 11.6. The van der Waals surface area contributed by atoms with E-state index in [2.05, 4.69) is 27.2 Å². The number of nitrogens with two attached hydrogens (primary N) is 1. The fourth-order valence-electron chi connectivity index (χ4n) is 1.37. The summed E-state index contributed by atoms with van der Waals surface area (Å²) in [6, 6.07) is 7.97. The average molecular weight is 286 g/mol. The maximum absolute atomic E-state index is 8.59. The number of benzene rings is 1. The van der Waals surface area contributed by atoms with Crippen molar-refractivity contribution in [1.29, 1.82) is 0 Å². The van der Waals surface area contributed by atoms with Gasteiger partial charge >= 0.3 is 0 Å². The summed E-state index contributed by atoms with van der Waals surface area (Å²) < 4.78 is 1.05. The van der Waals surface area contributed by atoms with Gasteiger partial charge < -0.3 is 10.9 Å². The number of halogens is 1. The van der Waals surface area contributed by atoms with Crippen LogP contribution in [0.5, 0.6) is 0 Å². The molecule has 1 aromatic rings. The number of hydrogen-bond acceptors (Lipinski definition) is 3. The van der Waals surface area contributed by atoms with Crippen LogP contribution >= 0.6 is 15.9 Å². The van der Waals surface area contributed by atoms with Gasteiger partial charge in [0.25, 0.3) is 0 Å². The zero-order valence-electron chi connectivity index (χ0n) is 9.39. The second kappa shape index (κ2) is 5.86. The largest absolute Gasteiger partial charge is 0.409 e. The smallest absolute Gasteiger partial charge is 0.156 e. The van der Waals surface area contributed by atoms with Gasteiger partial charge in [-0.3, -0.25) is 4.90 Å². The minimum Gasteiger partial charge on any atom is -0.409 e. The summed E-state index contributed by atoms with van der Waals surface area (Å²) in [6.07, 6.45) is 0. The van der Waals surface area contributed by atoms with Gasteiger partial charge in [-0.2, -0.15) is 0 Å². The molecule has 16 heavy (non-hydrogen) atoms.